The van der Waals surface area contributed by atoms with Crippen molar-refractivity contribution >= 4 is 29.9 Å². The van der Waals surface area contributed by atoms with E-state index in [-0.39, 0.29) is 24.0 Å². The van der Waals surface area contributed by atoms with E-state index in [4.69, 9.17) is 0 Å². The lowest BCUT2D eigenvalue weighted by atomic mass is 10.0. The van der Waals surface area contributed by atoms with Crippen LogP contribution >= 0.6 is 24.0 Å². The van der Waals surface area contributed by atoms with Gasteiger partial charge in [0, 0.05) is 25.8 Å². The SMILES string of the molecule is CN=C(NCCn1cc(C)cn1)NC(C)CCCC(C)C.I. The van der Waals surface area contributed by atoms with Gasteiger partial charge in [-0.1, -0.05) is 26.7 Å². The lowest BCUT2D eigenvalue weighted by molar-refractivity contribution is 0.490. The van der Waals surface area contributed by atoms with Crippen LogP contribution in [0.25, 0.3) is 0 Å². The van der Waals surface area contributed by atoms with E-state index in [9.17, 15) is 0 Å². The van der Waals surface area contributed by atoms with Gasteiger partial charge in [-0.2, -0.15) is 5.10 Å². The van der Waals surface area contributed by atoms with Crippen LogP contribution in [0.3, 0.4) is 0 Å². The number of guanidine groups is 1. The Labute approximate surface area is 152 Å². The highest BCUT2D eigenvalue weighted by Crippen LogP contribution is 2.08. The number of nitrogens with one attached hydrogen (secondary N) is 2. The van der Waals surface area contributed by atoms with Crippen molar-refractivity contribution in [1.82, 2.24) is 20.4 Å². The molecule has 0 bridgehead atoms. The van der Waals surface area contributed by atoms with Gasteiger partial charge in [-0.3, -0.25) is 9.67 Å². The molecule has 5 nitrogen and oxygen atoms in total. The Morgan fingerprint density at radius 2 is 2.05 bits per heavy atom. The number of nitrogens with zero attached hydrogens (tertiary/aromatic N) is 3. The predicted octanol–water partition coefficient (Wildman–Crippen LogP) is 3.19. The summed E-state index contributed by atoms with van der Waals surface area (Å²) >= 11 is 0. The molecule has 0 saturated carbocycles. The fourth-order valence-electron chi connectivity index (χ4n) is 2.21. The summed E-state index contributed by atoms with van der Waals surface area (Å²) in [6, 6.07) is 0.446. The lowest BCUT2D eigenvalue weighted by Gasteiger charge is -2.18. The summed E-state index contributed by atoms with van der Waals surface area (Å²) in [5.41, 5.74) is 1.19. The first kappa shape index (κ1) is 21.2. The number of halogens is 1. The third-order valence-corrected chi connectivity index (χ3v) is 3.42. The second-order valence-corrected chi connectivity index (χ2v) is 6.15. The maximum atomic E-state index is 4.27. The van der Waals surface area contributed by atoms with Crippen LogP contribution in [-0.2, 0) is 6.54 Å². The van der Waals surface area contributed by atoms with E-state index in [1.54, 1.807) is 0 Å². The molecule has 1 heterocycles. The molecule has 2 N–H and O–H groups in total. The Hall–Kier alpha value is -0.790. The second kappa shape index (κ2) is 11.7. The van der Waals surface area contributed by atoms with Crippen LogP contribution in [0.5, 0.6) is 0 Å². The van der Waals surface area contributed by atoms with Crippen molar-refractivity contribution in [3.63, 3.8) is 0 Å². The third-order valence-electron chi connectivity index (χ3n) is 3.42. The first-order valence-corrected chi connectivity index (χ1v) is 7.97. The molecular weight excluding hydrogens is 389 g/mol. The van der Waals surface area contributed by atoms with Crippen LogP contribution in [0, 0.1) is 12.8 Å². The number of hydrogen-bond donors (Lipinski definition) is 2. The smallest absolute Gasteiger partial charge is 0.191 e. The Balaban J connectivity index is 0.00000441. The summed E-state index contributed by atoms with van der Waals surface area (Å²) < 4.78 is 1.95. The molecule has 1 atom stereocenters. The van der Waals surface area contributed by atoms with Crippen LogP contribution in [0.15, 0.2) is 17.4 Å². The van der Waals surface area contributed by atoms with Crippen molar-refractivity contribution in [3.8, 4) is 0 Å². The first-order chi connectivity index (χ1) is 10.0. The van der Waals surface area contributed by atoms with E-state index in [1.807, 2.05) is 24.1 Å². The zero-order chi connectivity index (χ0) is 15.7. The van der Waals surface area contributed by atoms with Gasteiger partial charge in [0.05, 0.1) is 12.7 Å². The fraction of sp³-hybridized carbons (Fsp3) is 0.750. The molecule has 1 aromatic rings. The van der Waals surface area contributed by atoms with Gasteiger partial charge in [0.1, 0.15) is 0 Å². The van der Waals surface area contributed by atoms with E-state index in [0.717, 1.165) is 25.0 Å². The highest BCUT2D eigenvalue weighted by atomic mass is 127. The first-order valence-electron chi connectivity index (χ1n) is 7.97. The zero-order valence-electron chi connectivity index (χ0n) is 14.6. The Kier molecular flexibility index (Phi) is 11.3. The van der Waals surface area contributed by atoms with Crippen LogP contribution in [0.4, 0.5) is 0 Å². The number of aliphatic imine (C=N–C) groups is 1. The van der Waals surface area contributed by atoms with Crippen molar-refractivity contribution in [3.05, 3.63) is 18.0 Å². The average Bonchev–Trinajstić information content (AvgIpc) is 2.83. The summed E-state index contributed by atoms with van der Waals surface area (Å²) in [7, 11) is 1.81. The van der Waals surface area contributed by atoms with Crippen molar-refractivity contribution in [2.75, 3.05) is 13.6 Å². The molecule has 1 aromatic heterocycles. The summed E-state index contributed by atoms with van der Waals surface area (Å²) in [6.45, 7) is 10.5. The topological polar surface area (TPSA) is 54.2 Å². The van der Waals surface area contributed by atoms with Crippen molar-refractivity contribution in [1.29, 1.82) is 0 Å². The van der Waals surface area contributed by atoms with Gasteiger partial charge in [0.15, 0.2) is 5.96 Å². The quantitative estimate of drug-likeness (QED) is 0.385. The molecule has 0 saturated heterocycles. The number of aromatic nitrogens is 2. The summed E-state index contributed by atoms with van der Waals surface area (Å²) in [5, 5.41) is 11.0. The molecular formula is C16H32IN5. The molecule has 0 amide bonds. The van der Waals surface area contributed by atoms with Crippen LogP contribution < -0.4 is 10.6 Å². The normalized spacial score (nSPS) is 12.9. The molecule has 0 aliphatic heterocycles. The number of rotatable bonds is 8. The van der Waals surface area contributed by atoms with Gasteiger partial charge in [-0.25, -0.2) is 0 Å². The average molecular weight is 421 g/mol. The Morgan fingerprint density at radius 3 is 2.59 bits per heavy atom. The molecule has 0 aliphatic rings. The molecule has 0 aliphatic carbocycles. The predicted molar refractivity (Wildman–Crippen MR) is 105 cm³/mol. The molecule has 0 radical (unpaired) electrons. The minimum atomic E-state index is 0. The highest BCUT2D eigenvalue weighted by molar-refractivity contribution is 14.0. The molecule has 0 spiro atoms. The van der Waals surface area contributed by atoms with Gasteiger partial charge in [-0.05, 0) is 31.7 Å². The van der Waals surface area contributed by atoms with Gasteiger partial charge in [0.2, 0.25) is 0 Å². The maximum absolute atomic E-state index is 4.27. The summed E-state index contributed by atoms with van der Waals surface area (Å²) in [6.07, 6.45) is 7.65. The van der Waals surface area contributed by atoms with Crippen molar-refractivity contribution in [2.24, 2.45) is 10.9 Å². The van der Waals surface area contributed by atoms with Gasteiger partial charge < -0.3 is 10.6 Å². The monoisotopic (exact) mass is 421 g/mol. The van der Waals surface area contributed by atoms with Crippen LogP contribution in [-0.4, -0.2) is 35.4 Å². The Bertz CT molecular complexity index is 428. The molecule has 0 aromatic carbocycles. The molecule has 0 fully saturated rings. The van der Waals surface area contributed by atoms with E-state index >= 15 is 0 Å². The largest absolute Gasteiger partial charge is 0.355 e. The second-order valence-electron chi connectivity index (χ2n) is 6.15. The van der Waals surface area contributed by atoms with E-state index in [1.165, 1.54) is 24.8 Å². The van der Waals surface area contributed by atoms with Crippen molar-refractivity contribution < 1.29 is 0 Å². The van der Waals surface area contributed by atoms with Crippen LogP contribution in [0.1, 0.15) is 45.6 Å². The molecule has 128 valence electrons. The van der Waals surface area contributed by atoms with Crippen molar-refractivity contribution in [2.45, 2.75) is 59.5 Å². The fourth-order valence-corrected chi connectivity index (χ4v) is 2.21. The molecule has 1 unspecified atom stereocenters. The molecule has 6 heteroatoms. The lowest BCUT2D eigenvalue weighted by Crippen LogP contribution is -2.43. The van der Waals surface area contributed by atoms with E-state index in [2.05, 4.69) is 48.4 Å². The number of aryl methyl sites for hydroxylation is 1. The minimum Gasteiger partial charge on any atom is -0.355 e. The van der Waals surface area contributed by atoms with Gasteiger partial charge in [-0.15, -0.1) is 24.0 Å². The van der Waals surface area contributed by atoms with E-state index < -0.39 is 0 Å². The highest BCUT2D eigenvalue weighted by Gasteiger charge is 2.05. The Morgan fingerprint density at radius 1 is 1.32 bits per heavy atom. The standard InChI is InChI=1S/C16H31N5.HI/c1-13(2)7-6-8-15(4)20-16(17-5)18-9-10-21-12-14(3)11-19-21;/h11-13,15H,6-10H2,1-5H3,(H2,17,18,20);1H. The number of hydrogen-bond acceptors (Lipinski definition) is 2. The maximum Gasteiger partial charge on any atom is 0.191 e. The van der Waals surface area contributed by atoms with Gasteiger partial charge >= 0.3 is 0 Å². The molecule has 1 rings (SSSR count). The summed E-state index contributed by atoms with van der Waals surface area (Å²) in [5.74, 6) is 1.66. The third kappa shape index (κ3) is 9.27. The molecule has 22 heavy (non-hydrogen) atoms. The summed E-state index contributed by atoms with van der Waals surface area (Å²) in [4.78, 5) is 4.27. The van der Waals surface area contributed by atoms with Gasteiger partial charge in [0.25, 0.3) is 0 Å². The minimum absolute atomic E-state index is 0. The zero-order valence-corrected chi connectivity index (χ0v) is 16.9. The van der Waals surface area contributed by atoms with E-state index in [0.29, 0.717) is 6.04 Å². The van der Waals surface area contributed by atoms with Crippen LogP contribution in [0.2, 0.25) is 0 Å².